The Morgan fingerprint density at radius 1 is 0.507 bits per heavy atom. The fourth-order valence-electron chi connectivity index (χ4n) is 11.5. The molecule has 0 spiro atoms. The third kappa shape index (κ3) is 6.72. The second-order valence-electron chi connectivity index (χ2n) is 21.5. The van der Waals surface area contributed by atoms with E-state index in [0.29, 0.717) is 6.67 Å². The van der Waals surface area contributed by atoms with Gasteiger partial charge < -0.3 is 23.7 Å². The van der Waals surface area contributed by atoms with Crippen molar-refractivity contribution in [2.24, 2.45) is 14.1 Å². The molecular formula is C63H56N6OSi. The van der Waals surface area contributed by atoms with Gasteiger partial charge in [0.15, 0.2) is 0 Å². The van der Waals surface area contributed by atoms with Crippen molar-refractivity contribution >= 4 is 101 Å². The molecule has 13 rings (SSSR count). The zero-order valence-corrected chi connectivity index (χ0v) is 42.6. The molecule has 12 aromatic rings. The number of rotatable bonds is 7. The first-order valence-corrected chi connectivity index (χ1v) is 28.3. The number of benzene rings is 8. The second kappa shape index (κ2) is 15.7. The summed E-state index contributed by atoms with van der Waals surface area (Å²) < 4.78 is 14.2. The Morgan fingerprint density at radius 3 is 1.70 bits per heavy atom. The number of hydrogen-bond acceptors (Lipinski definition) is 4. The Labute approximate surface area is 415 Å². The monoisotopic (exact) mass is 940 g/mol. The van der Waals surface area contributed by atoms with Crippen LogP contribution in [0.2, 0.25) is 19.6 Å². The number of ether oxygens (including phenoxy) is 1. The molecule has 0 amide bonds. The number of hydrogen-bond donors (Lipinski definition) is 0. The molecule has 0 saturated carbocycles. The van der Waals surface area contributed by atoms with Crippen LogP contribution in [0.3, 0.4) is 0 Å². The summed E-state index contributed by atoms with van der Waals surface area (Å²) in [6.07, 6.45) is 2.06. The summed E-state index contributed by atoms with van der Waals surface area (Å²) in [6, 6.07) is 64.0. The molecule has 0 radical (unpaired) electrons. The van der Waals surface area contributed by atoms with Gasteiger partial charge in [0, 0.05) is 87.0 Å². The van der Waals surface area contributed by atoms with Crippen LogP contribution in [0.25, 0.3) is 82.4 Å². The molecule has 0 fully saturated rings. The summed E-state index contributed by atoms with van der Waals surface area (Å²) in [5.41, 5.74) is 15.2. The van der Waals surface area contributed by atoms with Crippen molar-refractivity contribution in [2.45, 2.75) is 45.8 Å². The molecule has 5 heterocycles. The molecule has 4 aromatic heterocycles. The van der Waals surface area contributed by atoms with Gasteiger partial charge in [-0.05, 0) is 83.3 Å². The highest BCUT2D eigenvalue weighted by atomic mass is 28.3. The van der Waals surface area contributed by atoms with E-state index in [-0.39, 0.29) is 5.41 Å². The summed E-state index contributed by atoms with van der Waals surface area (Å²) in [6.45, 7) is 14.7. The van der Waals surface area contributed by atoms with Crippen LogP contribution in [-0.2, 0) is 19.5 Å². The molecule has 1 aliphatic rings. The molecule has 0 unspecified atom stereocenters. The highest BCUT2D eigenvalue weighted by Crippen LogP contribution is 2.51. The fraction of sp³-hybridized carbons (Fsp3) is 0.159. The van der Waals surface area contributed by atoms with Crippen molar-refractivity contribution in [3.05, 3.63) is 188 Å². The molecule has 1 aliphatic heterocycles. The van der Waals surface area contributed by atoms with Crippen molar-refractivity contribution < 1.29 is 4.74 Å². The summed E-state index contributed by atoms with van der Waals surface area (Å²) in [5.74, 6) is 2.49. The quantitative estimate of drug-likeness (QED) is 0.149. The maximum absolute atomic E-state index is 7.12. The first-order valence-electron chi connectivity index (χ1n) is 24.8. The van der Waals surface area contributed by atoms with Gasteiger partial charge in [0.05, 0.1) is 47.2 Å². The Hall–Kier alpha value is -8.07. The molecule has 8 aromatic carbocycles. The lowest BCUT2D eigenvalue weighted by atomic mass is 9.82. The zero-order chi connectivity index (χ0) is 48.5. The number of nitrogens with zero attached hydrogens (tertiary/aromatic N) is 6. The molecule has 0 bridgehead atoms. The van der Waals surface area contributed by atoms with E-state index in [1.807, 2.05) is 0 Å². The van der Waals surface area contributed by atoms with Crippen LogP contribution in [0.15, 0.2) is 182 Å². The van der Waals surface area contributed by atoms with Crippen LogP contribution in [-0.4, -0.2) is 33.4 Å². The van der Waals surface area contributed by atoms with E-state index in [1.54, 1.807) is 0 Å². The average molecular weight is 941 g/mol. The van der Waals surface area contributed by atoms with E-state index in [2.05, 4.69) is 260 Å². The van der Waals surface area contributed by atoms with E-state index in [1.165, 1.54) is 82.4 Å². The minimum Gasteiger partial charge on any atom is -0.457 e. The number of anilines is 4. The van der Waals surface area contributed by atoms with E-state index in [0.717, 1.165) is 45.0 Å². The average Bonchev–Trinajstić information content (AvgIpc) is 4.09. The van der Waals surface area contributed by atoms with Gasteiger partial charge in [-0.1, -0.05) is 143 Å². The van der Waals surface area contributed by atoms with Crippen LogP contribution < -0.4 is 19.7 Å². The molecule has 0 aliphatic carbocycles. The molecule has 8 heteroatoms. The number of fused-ring (bicyclic) bond motifs is 10. The molecule has 7 nitrogen and oxygen atoms in total. The lowest BCUT2D eigenvalue weighted by Gasteiger charge is -2.26. The Bertz CT molecular complexity index is 4030. The largest absolute Gasteiger partial charge is 0.457 e. The lowest BCUT2D eigenvalue weighted by molar-refractivity contribution is 0.484. The molecule has 71 heavy (non-hydrogen) atoms. The van der Waals surface area contributed by atoms with E-state index < -0.39 is 8.07 Å². The van der Waals surface area contributed by atoms with E-state index in [9.17, 15) is 0 Å². The molecule has 0 atom stereocenters. The maximum Gasteiger partial charge on any atom is 0.137 e. The SMILES string of the molecule is Cn1c2ccccc2c2cc3c4ccccc4n(C)c3c(N3CN(c4cc(Oc5ccc6c7ccccc7n(-c7cc(C(C)(C)C)c(-c8ccccc8)cn7)c6c5)cc([Si](C)(C)C)c4)c4ccccc43)c21. The minimum atomic E-state index is -1.87. The van der Waals surface area contributed by atoms with E-state index in [4.69, 9.17) is 9.72 Å². The van der Waals surface area contributed by atoms with Crippen molar-refractivity contribution in [2.75, 3.05) is 16.5 Å². The number of aromatic nitrogens is 4. The molecular weight excluding hydrogens is 885 g/mol. The predicted octanol–water partition coefficient (Wildman–Crippen LogP) is 16.0. The van der Waals surface area contributed by atoms with Gasteiger partial charge in [-0.2, -0.15) is 0 Å². The summed E-state index contributed by atoms with van der Waals surface area (Å²) >= 11 is 0. The zero-order valence-electron chi connectivity index (χ0n) is 41.6. The summed E-state index contributed by atoms with van der Waals surface area (Å²) in [5, 5.41) is 8.73. The molecule has 348 valence electrons. The van der Waals surface area contributed by atoms with Gasteiger partial charge in [-0.3, -0.25) is 4.57 Å². The van der Waals surface area contributed by atoms with Crippen LogP contribution in [0.5, 0.6) is 11.5 Å². The number of pyridine rings is 1. The highest BCUT2D eigenvalue weighted by Gasteiger charge is 2.34. The van der Waals surface area contributed by atoms with Gasteiger partial charge >= 0.3 is 0 Å². The minimum absolute atomic E-state index is 0.118. The van der Waals surface area contributed by atoms with Crippen molar-refractivity contribution in [3.63, 3.8) is 0 Å². The van der Waals surface area contributed by atoms with Gasteiger partial charge in [0.1, 0.15) is 24.0 Å². The first-order chi connectivity index (χ1) is 34.3. The van der Waals surface area contributed by atoms with Gasteiger partial charge in [0.25, 0.3) is 0 Å². The summed E-state index contributed by atoms with van der Waals surface area (Å²) in [7, 11) is 2.58. The second-order valence-corrected chi connectivity index (χ2v) is 26.5. The maximum atomic E-state index is 7.12. The van der Waals surface area contributed by atoms with Crippen LogP contribution >= 0.6 is 0 Å². The van der Waals surface area contributed by atoms with E-state index >= 15 is 0 Å². The van der Waals surface area contributed by atoms with Crippen molar-refractivity contribution in [3.8, 4) is 28.4 Å². The fourth-order valence-corrected chi connectivity index (χ4v) is 12.7. The Morgan fingerprint density at radius 2 is 1.07 bits per heavy atom. The van der Waals surface area contributed by atoms with Gasteiger partial charge in [-0.25, -0.2) is 4.98 Å². The van der Waals surface area contributed by atoms with Crippen molar-refractivity contribution in [1.29, 1.82) is 0 Å². The Balaban J connectivity index is 0.949. The Kier molecular flexibility index (Phi) is 9.52. The van der Waals surface area contributed by atoms with Crippen LogP contribution in [0, 0.1) is 0 Å². The standard InChI is InChI=1S/C63H56N6OSi/c1-63(2,3)52-37-59(64-38-51(52)40-20-10-9-11-21-40)69-55-27-17-14-22-45(55)48-31-30-42(35-58(48)69)70-43-32-41(33-44(34-43)71(6,7)8)67-39-68(57-29-19-18-28-56(57)67)62-60-49(46-23-12-15-25-53(46)65(60)4)36-50-47-24-13-16-26-54(47)66(5)61(50)62/h9-38H,39H2,1-8H3. The van der Waals surface area contributed by atoms with Crippen LogP contribution in [0.1, 0.15) is 26.3 Å². The molecule has 0 N–H and O–H groups in total. The topological polar surface area (TPSA) is 43.4 Å². The van der Waals surface area contributed by atoms with Crippen LogP contribution in [0.4, 0.5) is 22.7 Å². The van der Waals surface area contributed by atoms with Gasteiger partial charge in [-0.15, -0.1) is 0 Å². The third-order valence-electron chi connectivity index (χ3n) is 15.0. The number of aryl methyl sites for hydroxylation is 2. The highest BCUT2D eigenvalue weighted by molar-refractivity contribution is 6.88. The smallest absolute Gasteiger partial charge is 0.137 e. The first kappa shape index (κ1) is 43.0. The third-order valence-corrected chi connectivity index (χ3v) is 17.0. The van der Waals surface area contributed by atoms with Gasteiger partial charge in [0.2, 0.25) is 0 Å². The predicted molar refractivity (Wildman–Crippen MR) is 302 cm³/mol. The van der Waals surface area contributed by atoms with Crippen molar-refractivity contribution in [1.82, 2.24) is 18.7 Å². The lowest BCUT2D eigenvalue weighted by Crippen LogP contribution is -2.38. The summed E-state index contributed by atoms with van der Waals surface area (Å²) in [4.78, 5) is 10.2. The molecule has 0 saturated heterocycles. The normalized spacial score (nSPS) is 13.2. The number of para-hydroxylation sites is 5.